The zero-order valence-electron chi connectivity index (χ0n) is 23.0. The molecular formula is C33H36N6. The fourth-order valence-corrected chi connectivity index (χ4v) is 5.61. The van der Waals surface area contributed by atoms with Crippen LogP contribution in [-0.2, 0) is 0 Å². The van der Waals surface area contributed by atoms with Crippen LogP contribution in [0.3, 0.4) is 0 Å². The van der Waals surface area contributed by atoms with E-state index in [0.717, 1.165) is 83.0 Å². The fraction of sp³-hybridized carbons (Fsp3) is 0.303. The number of nitrogens with one attached hydrogen (secondary N) is 1. The van der Waals surface area contributed by atoms with Crippen molar-refractivity contribution in [1.29, 1.82) is 0 Å². The van der Waals surface area contributed by atoms with Crippen LogP contribution < -0.4 is 10.7 Å². The van der Waals surface area contributed by atoms with Crippen molar-refractivity contribution >= 4 is 22.4 Å². The zero-order chi connectivity index (χ0) is 26.8. The van der Waals surface area contributed by atoms with E-state index >= 15 is 0 Å². The van der Waals surface area contributed by atoms with Crippen LogP contribution in [0.4, 0.5) is 11.4 Å². The molecule has 3 aromatic rings. The summed E-state index contributed by atoms with van der Waals surface area (Å²) in [5.74, 6) is 0.688. The third kappa shape index (κ3) is 5.43. The Morgan fingerprint density at radius 1 is 0.923 bits per heavy atom. The quantitative estimate of drug-likeness (QED) is 0.258. The molecule has 1 aliphatic carbocycles. The number of para-hydroxylation sites is 3. The van der Waals surface area contributed by atoms with Gasteiger partial charge in [-0.1, -0.05) is 44.2 Å². The van der Waals surface area contributed by atoms with Crippen molar-refractivity contribution in [3.05, 3.63) is 96.1 Å². The lowest BCUT2D eigenvalue weighted by Gasteiger charge is -2.31. The molecule has 0 atom stereocenters. The molecule has 198 valence electrons. The highest BCUT2D eigenvalue weighted by Crippen LogP contribution is 2.30. The second kappa shape index (κ2) is 11.0. The van der Waals surface area contributed by atoms with Gasteiger partial charge in [0.1, 0.15) is 0 Å². The van der Waals surface area contributed by atoms with E-state index in [1.807, 2.05) is 25.3 Å². The van der Waals surface area contributed by atoms with Crippen LogP contribution >= 0.6 is 0 Å². The van der Waals surface area contributed by atoms with Crippen LogP contribution in [0.15, 0.2) is 90.1 Å². The molecule has 6 nitrogen and oxygen atoms in total. The second-order valence-electron chi connectivity index (χ2n) is 10.9. The van der Waals surface area contributed by atoms with Crippen molar-refractivity contribution in [3.63, 3.8) is 0 Å². The first kappa shape index (κ1) is 25.3. The van der Waals surface area contributed by atoms with E-state index in [-0.39, 0.29) is 0 Å². The van der Waals surface area contributed by atoms with E-state index in [0.29, 0.717) is 12.0 Å². The van der Waals surface area contributed by atoms with Gasteiger partial charge in [0.2, 0.25) is 0 Å². The summed E-state index contributed by atoms with van der Waals surface area (Å²) in [5.41, 5.74) is 8.01. The predicted octanol–water partition coefficient (Wildman–Crippen LogP) is 6.60. The molecule has 2 aromatic carbocycles. The zero-order valence-corrected chi connectivity index (χ0v) is 23.0. The van der Waals surface area contributed by atoms with Crippen molar-refractivity contribution in [2.24, 2.45) is 10.9 Å². The van der Waals surface area contributed by atoms with Crippen LogP contribution in [0.25, 0.3) is 28.1 Å². The molecule has 0 saturated carbocycles. The number of likely N-dealkylation sites (tertiary alicyclic amines) is 1. The highest BCUT2D eigenvalue weighted by atomic mass is 15.1. The van der Waals surface area contributed by atoms with E-state index in [9.17, 15) is 0 Å². The van der Waals surface area contributed by atoms with Crippen molar-refractivity contribution in [3.8, 4) is 17.1 Å². The van der Waals surface area contributed by atoms with E-state index in [1.165, 1.54) is 0 Å². The van der Waals surface area contributed by atoms with Gasteiger partial charge in [-0.25, -0.2) is 4.98 Å². The number of benzene rings is 3. The number of rotatable bonds is 6. The maximum Gasteiger partial charge on any atom is 0.0900 e. The molecule has 0 radical (unpaired) electrons. The second-order valence-corrected chi connectivity index (χ2v) is 10.9. The molecule has 1 fully saturated rings. The number of nitrogens with zero attached hydrogens (tertiary/aromatic N) is 5. The van der Waals surface area contributed by atoms with E-state index in [4.69, 9.17) is 9.98 Å². The number of hydrogen-bond acceptors (Lipinski definition) is 5. The largest absolute Gasteiger partial charge is 0.352 e. The average molecular weight is 517 g/mol. The number of pyridine rings is 1. The van der Waals surface area contributed by atoms with Gasteiger partial charge < -0.3 is 14.8 Å². The summed E-state index contributed by atoms with van der Waals surface area (Å²) in [6, 6.07) is 27.6. The van der Waals surface area contributed by atoms with Gasteiger partial charge in [-0.2, -0.15) is 0 Å². The number of aromatic nitrogens is 3. The van der Waals surface area contributed by atoms with Gasteiger partial charge in [0, 0.05) is 31.5 Å². The molecule has 6 rings (SSSR count). The maximum atomic E-state index is 5.37. The Morgan fingerprint density at radius 2 is 1.69 bits per heavy atom. The lowest BCUT2D eigenvalue weighted by molar-refractivity contribution is 0.192. The molecule has 1 saturated heterocycles. The van der Waals surface area contributed by atoms with E-state index in [2.05, 4.69) is 100 Å². The Labute approximate surface area is 230 Å². The molecule has 3 aliphatic rings. The molecule has 1 aromatic heterocycles. The van der Waals surface area contributed by atoms with Gasteiger partial charge in [0.15, 0.2) is 0 Å². The Morgan fingerprint density at radius 3 is 2.46 bits per heavy atom. The summed E-state index contributed by atoms with van der Waals surface area (Å²) in [4.78, 5) is 17.5. The Kier molecular flexibility index (Phi) is 7.12. The van der Waals surface area contributed by atoms with Crippen LogP contribution in [0.5, 0.6) is 0 Å². The smallest absolute Gasteiger partial charge is 0.0900 e. The standard InChI is InChI=1S/C33H36N6/c1-23(2)22-38-18-15-25(16-19-38)35-30-21-33-31(20-29(30)36-27-13-9-17-34-24(27)3)37-28-12-7-8-14-32(28)39(33)26-10-5-4-6-11-26/h4-14,17,20-21,23,25,36H,15-16,18-19,22H2,1-3H3. The molecule has 0 amide bonds. The number of piperidine rings is 1. The van der Waals surface area contributed by atoms with Gasteiger partial charge >= 0.3 is 0 Å². The summed E-state index contributed by atoms with van der Waals surface area (Å²) in [5, 5.41) is 4.62. The molecule has 6 heteroatoms. The maximum absolute atomic E-state index is 5.37. The first-order chi connectivity index (χ1) is 19.0. The molecule has 3 heterocycles. The van der Waals surface area contributed by atoms with Gasteiger partial charge in [-0.15, -0.1) is 0 Å². The molecule has 0 unspecified atom stereocenters. The van der Waals surface area contributed by atoms with Gasteiger partial charge in [0.25, 0.3) is 0 Å². The minimum Gasteiger partial charge on any atom is -0.352 e. The van der Waals surface area contributed by atoms with Crippen LogP contribution in [-0.4, -0.2) is 45.1 Å². The lowest BCUT2D eigenvalue weighted by atomic mass is 10.0. The third-order valence-electron chi connectivity index (χ3n) is 7.49. The number of fused-ring (bicyclic) bond motifs is 2. The Hall–Kier alpha value is -4.03. The minimum atomic E-state index is 0.292. The fourth-order valence-electron chi connectivity index (χ4n) is 5.61. The molecule has 39 heavy (non-hydrogen) atoms. The molecule has 2 aliphatic heterocycles. The highest BCUT2D eigenvalue weighted by Gasteiger charge is 2.21. The van der Waals surface area contributed by atoms with Gasteiger partial charge in [0.05, 0.1) is 50.9 Å². The highest BCUT2D eigenvalue weighted by molar-refractivity contribution is 5.84. The SMILES string of the molecule is Cc1ncccc1Nc1cc2nc3ccccc3n(-c3ccccc3)c-2cc1=NC1CCN(CC(C)C)CC1. The first-order valence-electron chi connectivity index (χ1n) is 14.0. The monoisotopic (exact) mass is 516 g/mol. The molecular weight excluding hydrogens is 480 g/mol. The van der Waals surface area contributed by atoms with Crippen molar-refractivity contribution in [2.45, 2.75) is 39.7 Å². The summed E-state index contributed by atoms with van der Waals surface area (Å²) < 4.78 is 2.31. The van der Waals surface area contributed by atoms with Gasteiger partial charge in [-0.05, 0) is 74.2 Å². The minimum absolute atomic E-state index is 0.292. The van der Waals surface area contributed by atoms with Crippen molar-refractivity contribution < 1.29 is 0 Å². The average Bonchev–Trinajstić information content (AvgIpc) is 2.94. The first-order valence-corrected chi connectivity index (χ1v) is 14.0. The summed E-state index contributed by atoms with van der Waals surface area (Å²) in [7, 11) is 0. The van der Waals surface area contributed by atoms with Crippen molar-refractivity contribution in [2.75, 3.05) is 25.0 Å². The predicted molar refractivity (Wildman–Crippen MR) is 160 cm³/mol. The molecule has 0 bridgehead atoms. The molecule has 1 N–H and O–H groups in total. The van der Waals surface area contributed by atoms with Crippen molar-refractivity contribution in [1.82, 2.24) is 19.4 Å². The number of hydrogen-bond donors (Lipinski definition) is 1. The van der Waals surface area contributed by atoms with E-state index in [1.54, 1.807) is 0 Å². The topological polar surface area (TPSA) is 58.3 Å². The summed E-state index contributed by atoms with van der Waals surface area (Å²) >= 11 is 0. The third-order valence-corrected chi connectivity index (χ3v) is 7.49. The Balaban J connectivity index is 1.52. The van der Waals surface area contributed by atoms with E-state index < -0.39 is 0 Å². The normalized spacial score (nSPS) is 15.4. The summed E-state index contributed by atoms with van der Waals surface area (Å²) in [6.45, 7) is 9.97. The Bertz CT molecular complexity index is 1610. The number of anilines is 2. The van der Waals surface area contributed by atoms with Crippen LogP contribution in [0.2, 0.25) is 0 Å². The van der Waals surface area contributed by atoms with Gasteiger partial charge in [-0.3, -0.25) is 9.98 Å². The number of aryl methyl sites for hydroxylation is 1. The molecule has 0 spiro atoms. The van der Waals surface area contributed by atoms with Crippen LogP contribution in [0, 0.1) is 12.8 Å². The van der Waals surface area contributed by atoms with Crippen LogP contribution in [0.1, 0.15) is 32.4 Å². The summed E-state index contributed by atoms with van der Waals surface area (Å²) in [6.07, 6.45) is 3.98. The lowest BCUT2D eigenvalue weighted by Crippen LogP contribution is -2.38.